The molecule has 1 aliphatic rings. The van der Waals surface area contributed by atoms with Crippen LogP contribution in [-0.4, -0.2) is 11.0 Å². The van der Waals surface area contributed by atoms with Gasteiger partial charge in [-0.25, -0.2) is 0 Å². The Morgan fingerprint density at radius 3 is 2.50 bits per heavy atom. The number of rotatable bonds is 0. The molecule has 0 aliphatic carbocycles. The van der Waals surface area contributed by atoms with Crippen molar-refractivity contribution in [3.63, 3.8) is 0 Å². The average molecular weight is 130 g/mol. The first-order valence-electron chi connectivity index (χ1n) is 3.40. The van der Waals surface area contributed by atoms with Gasteiger partial charge in [0.15, 0.2) is 0 Å². The predicted octanol–water partition coefficient (Wildman–Crippen LogP) is 2.54. The third-order valence-electron chi connectivity index (χ3n) is 1.75. The highest BCUT2D eigenvalue weighted by Crippen LogP contribution is 2.28. The molecule has 48 valence electrons. The van der Waals surface area contributed by atoms with E-state index >= 15 is 0 Å². The van der Waals surface area contributed by atoms with Crippen LogP contribution in [0.4, 0.5) is 0 Å². The van der Waals surface area contributed by atoms with Crippen LogP contribution in [0.25, 0.3) is 0 Å². The average Bonchev–Trinajstić information content (AvgIpc) is 1.64. The number of hydrogen-bond acceptors (Lipinski definition) is 1. The zero-order valence-corrected chi connectivity index (χ0v) is 6.50. The molecule has 0 bridgehead atoms. The van der Waals surface area contributed by atoms with Gasteiger partial charge in [-0.15, -0.1) is 0 Å². The highest BCUT2D eigenvalue weighted by molar-refractivity contribution is 7.99. The fraction of sp³-hybridized carbons (Fsp3) is 1.00. The second-order valence-electron chi connectivity index (χ2n) is 2.81. The molecule has 8 heavy (non-hydrogen) atoms. The largest absolute Gasteiger partial charge is 0.159 e. The molecule has 1 heterocycles. The lowest BCUT2D eigenvalue weighted by Crippen LogP contribution is -2.12. The summed E-state index contributed by atoms with van der Waals surface area (Å²) in [5.41, 5.74) is 0. The summed E-state index contributed by atoms with van der Waals surface area (Å²) in [5, 5.41) is 0.929. The van der Waals surface area contributed by atoms with Crippen molar-refractivity contribution in [3.8, 4) is 0 Å². The van der Waals surface area contributed by atoms with Gasteiger partial charge in [0.1, 0.15) is 0 Å². The van der Waals surface area contributed by atoms with Gasteiger partial charge in [-0.3, -0.25) is 0 Å². The topological polar surface area (TPSA) is 0 Å². The summed E-state index contributed by atoms with van der Waals surface area (Å²) in [5.74, 6) is 2.38. The molecule has 1 rings (SSSR count). The molecule has 0 radical (unpaired) electrons. The van der Waals surface area contributed by atoms with E-state index in [1.54, 1.807) is 0 Å². The molecule has 0 aromatic heterocycles. The molecular formula is C7H14S. The molecule has 1 aliphatic heterocycles. The van der Waals surface area contributed by atoms with Crippen LogP contribution in [-0.2, 0) is 0 Å². The second-order valence-corrected chi connectivity index (χ2v) is 4.36. The summed E-state index contributed by atoms with van der Waals surface area (Å²) in [7, 11) is 0. The SMILES string of the molecule is C[C@@H]1CCS[C@@H](C)C1. The Hall–Kier alpha value is 0.350. The lowest BCUT2D eigenvalue weighted by Gasteiger charge is -2.22. The van der Waals surface area contributed by atoms with E-state index in [0.29, 0.717) is 0 Å². The van der Waals surface area contributed by atoms with E-state index in [1.165, 1.54) is 18.6 Å². The van der Waals surface area contributed by atoms with Gasteiger partial charge >= 0.3 is 0 Å². The van der Waals surface area contributed by atoms with Crippen LogP contribution in [0.15, 0.2) is 0 Å². The van der Waals surface area contributed by atoms with E-state index in [0.717, 1.165) is 11.2 Å². The van der Waals surface area contributed by atoms with E-state index in [-0.39, 0.29) is 0 Å². The normalized spacial score (nSPS) is 39.8. The van der Waals surface area contributed by atoms with Crippen LogP contribution < -0.4 is 0 Å². The van der Waals surface area contributed by atoms with Gasteiger partial charge in [0, 0.05) is 5.25 Å². The van der Waals surface area contributed by atoms with Gasteiger partial charge < -0.3 is 0 Å². The van der Waals surface area contributed by atoms with Crippen molar-refractivity contribution in [2.75, 3.05) is 5.75 Å². The van der Waals surface area contributed by atoms with Crippen LogP contribution in [0.5, 0.6) is 0 Å². The Balaban J connectivity index is 2.23. The fourth-order valence-electron chi connectivity index (χ4n) is 1.22. The Labute approximate surface area is 56.0 Å². The first kappa shape index (κ1) is 6.47. The third-order valence-corrected chi connectivity index (χ3v) is 2.98. The zero-order chi connectivity index (χ0) is 5.98. The molecule has 0 spiro atoms. The third kappa shape index (κ3) is 1.70. The van der Waals surface area contributed by atoms with E-state index in [9.17, 15) is 0 Å². The minimum absolute atomic E-state index is 0.929. The molecular weight excluding hydrogens is 116 g/mol. The maximum absolute atomic E-state index is 2.36. The molecule has 1 saturated heterocycles. The molecule has 2 atom stereocenters. The Morgan fingerprint density at radius 2 is 2.12 bits per heavy atom. The summed E-state index contributed by atoms with van der Waals surface area (Å²) in [6, 6.07) is 0. The second kappa shape index (κ2) is 2.77. The summed E-state index contributed by atoms with van der Waals surface area (Å²) < 4.78 is 0. The lowest BCUT2D eigenvalue weighted by molar-refractivity contribution is 0.504. The van der Waals surface area contributed by atoms with E-state index in [2.05, 4.69) is 25.6 Å². The van der Waals surface area contributed by atoms with E-state index in [4.69, 9.17) is 0 Å². The van der Waals surface area contributed by atoms with Crippen molar-refractivity contribution in [1.82, 2.24) is 0 Å². The van der Waals surface area contributed by atoms with Gasteiger partial charge in [0.25, 0.3) is 0 Å². The monoisotopic (exact) mass is 130 g/mol. The van der Waals surface area contributed by atoms with Crippen molar-refractivity contribution in [1.29, 1.82) is 0 Å². The molecule has 0 amide bonds. The minimum Gasteiger partial charge on any atom is -0.159 e. The molecule has 0 N–H and O–H groups in total. The number of thioether (sulfide) groups is 1. The zero-order valence-electron chi connectivity index (χ0n) is 5.68. The van der Waals surface area contributed by atoms with E-state index < -0.39 is 0 Å². The predicted molar refractivity (Wildman–Crippen MR) is 40.3 cm³/mol. The first-order chi connectivity index (χ1) is 3.79. The van der Waals surface area contributed by atoms with Crippen LogP contribution in [0.3, 0.4) is 0 Å². The Bertz CT molecular complexity index is 62.8. The molecule has 0 aromatic carbocycles. The van der Waals surface area contributed by atoms with Crippen LogP contribution in [0.1, 0.15) is 26.7 Å². The smallest absolute Gasteiger partial charge is 0.00212 e. The van der Waals surface area contributed by atoms with Crippen LogP contribution in [0.2, 0.25) is 0 Å². The Morgan fingerprint density at radius 1 is 1.38 bits per heavy atom. The summed E-state index contributed by atoms with van der Waals surface area (Å²) in [6.45, 7) is 4.69. The molecule has 1 fully saturated rings. The summed E-state index contributed by atoms with van der Waals surface area (Å²) >= 11 is 2.12. The molecule has 0 unspecified atom stereocenters. The molecule has 0 aromatic rings. The number of hydrogen-bond donors (Lipinski definition) is 0. The van der Waals surface area contributed by atoms with Crippen molar-refractivity contribution in [3.05, 3.63) is 0 Å². The maximum atomic E-state index is 2.36. The minimum atomic E-state index is 0.929. The van der Waals surface area contributed by atoms with Gasteiger partial charge in [-0.2, -0.15) is 11.8 Å². The van der Waals surface area contributed by atoms with Crippen molar-refractivity contribution >= 4 is 11.8 Å². The molecule has 0 saturated carbocycles. The summed E-state index contributed by atoms with van der Waals surface area (Å²) in [6.07, 6.45) is 2.87. The van der Waals surface area contributed by atoms with Crippen LogP contribution >= 0.6 is 11.8 Å². The highest BCUT2D eigenvalue weighted by atomic mass is 32.2. The highest BCUT2D eigenvalue weighted by Gasteiger charge is 2.14. The lowest BCUT2D eigenvalue weighted by atomic mass is 10.0. The van der Waals surface area contributed by atoms with Gasteiger partial charge in [-0.05, 0) is 24.5 Å². The van der Waals surface area contributed by atoms with Gasteiger partial charge in [-0.1, -0.05) is 13.8 Å². The molecule has 1 heteroatoms. The standard InChI is InChI=1S/C7H14S/c1-6-3-4-8-7(2)5-6/h6-7H,3-5H2,1-2H3/t6-,7+/m1/s1. The van der Waals surface area contributed by atoms with E-state index in [1.807, 2.05) is 0 Å². The first-order valence-corrected chi connectivity index (χ1v) is 4.45. The summed E-state index contributed by atoms with van der Waals surface area (Å²) in [4.78, 5) is 0. The van der Waals surface area contributed by atoms with Crippen LogP contribution in [0, 0.1) is 5.92 Å². The molecule has 0 nitrogen and oxygen atoms in total. The van der Waals surface area contributed by atoms with Crippen molar-refractivity contribution in [2.45, 2.75) is 31.9 Å². The fourth-order valence-corrected chi connectivity index (χ4v) is 2.63. The van der Waals surface area contributed by atoms with Crippen molar-refractivity contribution < 1.29 is 0 Å². The van der Waals surface area contributed by atoms with Crippen molar-refractivity contribution in [2.24, 2.45) is 5.92 Å². The quantitative estimate of drug-likeness (QED) is 0.485. The maximum Gasteiger partial charge on any atom is 0.00212 e. The Kier molecular flexibility index (Phi) is 2.24. The van der Waals surface area contributed by atoms with Gasteiger partial charge in [0.05, 0.1) is 0 Å². The van der Waals surface area contributed by atoms with Gasteiger partial charge in [0.2, 0.25) is 0 Å².